The van der Waals surface area contributed by atoms with Crippen LogP contribution in [0.1, 0.15) is 70.1 Å². The molecule has 0 aliphatic carbocycles. The maximum absolute atomic E-state index is 13.8. The number of amides is 1. The van der Waals surface area contributed by atoms with Crippen LogP contribution in [0.15, 0.2) is 42.5 Å². The molecule has 250 valence electrons. The number of aryl methyl sites for hydroxylation is 1. The third-order valence-electron chi connectivity index (χ3n) is 7.72. The number of carbonyl (C=O) groups excluding carboxylic acids is 4. The Labute approximate surface area is 268 Å². The number of piperidine rings is 1. The van der Waals surface area contributed by atoms with E-state index in [2.05, 4.69) is 0 Å². The second-order valence-electron chi connectivity index (χ2n) is 11.6. The van der Waals surface area contributed by atoms with Gasteiger partial charge in [-0.1, -0.05) is 25.1 Å². The number of ether oxygens (including phenoxy) is 5. The second-order valence-corrected chi connectivity index (χ2v) is 11.6. The van der Waals surface area contributed by atoms with Gasteiger partial charge in [0.1, 0.15) is 24.5 Å². The van der Waals surface area contributed by atoms with E-state index in [0.29, 0.717) is 49.2 Å². The molecule has 1 saturated heterocycles. The van der Waals surface area contributed by atoms with Crippen molar-refractivity contribution in [2.45, 2.75) is 71.4 Å². The molecule has 1 fully saturated rings. The van der Waals surface area contributed by atoms with Crippen LogP contribution in [-0.2, 0) is 39.9 Å². The molecular formula is C34H43NO11. The molecule has 3 rings (SSSR count). The molecule has 12 heteroatoms. The Hall–Kier alpha value is -4.61. The van der Waals surface area contributed by atoms with Gasteiger partial charge in [-0.25, -0.2) is 9.59 Å². The van der Waals surface area contributed by atoms with E-state index >= 15 is 0 Å². The number of methoxy groups -OCH3 is 2. The topological polar surface area (TPSA) is 155 Å². The van der Waals surface area contributed by atoms with Crippen molar-refractivity contribution in [3.8, 4) is 17.2 Å². The molecule has 1 aliphatic rings. The molecule has 1 N–H and O–H groups in total. The number of rotatable bonds is 16. The Morgan fingerprint density at radius 1 is 1.00 bits per heavy atom. The van der Waals surface area contributed by atoms with Crippen LogP contribution in [0.25, 0.3) is 0 Å². The lowest BCUT2D eigenvalue weighted by Crippen LogP contribution is -2.53. The Bertz CT molecular complexity index is 1400. The van der Waals surface area contributed by atoms with Gasteiger partial charge in [0.25, 0.3) is 5.91 Å². The molecule has 2 aromatic rings. The average molecular weight is 642 g/mol. The van der Waals surface area contributed by atoms with Gasteiger partial charge in [-0.3, -0.25) is 14.4 Å². The van der Waals surface area contributed by atoms with Crippen molar-refractivity contribution >= 4 is 29.6 Å². The Kier molecular flexibility index (Phi) is 13.0. The first-order chi connectivity index (χ1) is 21.9. The first kappa shape index (κ1) is 35.9. The number of carboxylic acid groups (broad SMARTS) is 1. The predicted octanol–water partition coefficient (Wildman–Crippen LogP) is 4.31. The van der Waals surface area contributed by atoms with Crippen LogP contribution in [0.2, 0.25) is 0 Å². The summed E-state index contributed by atoms with van der Waals surface area (Å²) in [5.41, 5.74) is 0.176. The number of nitrogens with zero attached hydrogens (tertiary/aromatic N) is 1. The first-order valence-electron chi connectivity index (χ1n) is 15.3. The van der Waals surface area contributed by atoms with E-state index in [9.17, 15) is 24.0 Å². The number of Topliss-reactive ketones (excluding diaryl/α,β-unsaturated/α-hetero) is 1. The maximum atomic E-state index is 13.8. The van der Waals surface area contributed by atoms with Gasteiger partial charge in [0, 0.05) is 13.0 Å². The summed E-state index contributed by atoms with van der Waals surface area (Å²) in [4.78, 5) is 64.5. The monoisotopic (exact) mass is 641 g/mol. The third-order valence-corrected chi connectivity index (χ3v) is 7.72. The highest BCUT2D eigenvalue weighted by Gasteiger charge is 2.42. The van der Waals surface area contributed by atoms with Crippen LogP contribution in [0, 0.1) is 5.41 Å². The van der Waals surface area contributed by atoms with Crippen molar-refractivity contribution in [3.63, 3.8) is 0 Å². The molecule has 1 aliphatic heterocycles. The normalized spacial score (nSPS) is 15.3. The molecule has 2 aromatic carbocycles. The van der Waals surface area contributed by atoms with Gasteiger partial charge in [-0.2, -0.15) is 0 Å². The smallest absolute Gasteiger partial charge is 0.341 e. The number of likely N-dealkylation sites (tertiary alicyclic amines) is 1. The summed E-state index contributed by atoms with van der Waals surface area (Å²) in [6.45, 7) is 4.08. The molecule has 0 radical (unpaired) electrons. The second kappa shape index (κ2) is 16.6. The number of ketones is 1. The minimum absolute atomic E-state index is 0.139. The van der Waals surface area contributed by atoms with Gasteiger partial charge in [-0.05, 0) is 81.3 Å². The minimum atomic E-state index is -1.29. The van der Waals surface area contributed by atoms with E-state index < -0.39 is 53.8 Å². The van der Waals surface area contributed by atoms with Gasteiger partial charge < -0.3 is 33.7 Å². The van der Waals surface area contributed by atoms with Crippen LogP contribution in [0.3, 0.4) is 0 Å². The fourth-order valence-corrected chi connectivity index (χ4v) is 5.06. The van der Waals surface area contributed by atoms with Crippen molar-refractivity contribution in [1.29, 1.82) is 0 Å². The molecule has 1 heterocycles. The molecule has 0 bridgehead atoms. The van der Waals surface area contributed by atoms with Crippen LogP contribution in [0.5, 0.6) is 17.2 Å². The lowest BCUT2D eigenvalue weighted by Gasteiger charge is -2.36. The summed E-state index contributed by atoms with van der Waals surface area (Å²) < 4.78 is 27.3. The summed E-state index contributed by atoms with van der Waals surface area (Å²) in [5, 5.41) is 9.04. The average Bonchev–Trinajstić information content (AvgIpc) is 3.07. The number of carboxylic acids is 1. The molecule has 2 atom stereocenters. The highest BCUT2D eigenvalue weighted by molar-refractivity contribution is 6.38. The van der Waals surface area contributed by atoms with E-state index in [1.165, 1.54) is 25.9 Å². The molecule has 0 saturated carbocycles. The fraction of sp³-hybridized carbons (Fsp3) is 0.500. The van der Waals surface area contributed by atoms with Crippen molar-refractivity contribution in [2.24, 2.45) is 5.41 Å². The van der Waals surface area contributed by atoms with Crippen LogP contribution in [-0.4, -0.2) is 79.6 Å². The number of aliphatic carboxylic acids is 1. The number of hydrogen-bond donors (Lipinski definition) is 1. The van der Waals surface area contributed by atoms with Crippen molar-refractivity contribution in [3.05, 3.63) is 53.6 Å². The number of benzene rings is 2. The van der Waals surface area contributed by atoms with E-state index in [4.69, 9.17) is 28.8 Å². The molecule has 1 amide bonds. The van der Waals surface area contributed by atoms with Gasteiger partial charge in [0.05, 0.1) is 19.6 Å². The van der Waals surface area contributed by atoms with Gasteiger partial charge >= 0.3 is 17.9 Å². The highest BCUT2D eigenvalue weighted by atomic mass is 16.5. The molecule has 0 aromatic heterocycles. The number of carbonyl (C=O) groups is 5. The Balaban J connectivity index is 1.84. The van der Waals surface area contributed by atoms with Crippen LogP contribution >= 0.6 is 0 Å². The third kappa shape index (κ3) is 9.69. The van der Waals surface area contributed by atoms with Crippen LogP contribution in [0.4, 0.5) is 0 Å². The Morgan fingerprint density at radius 3 is 2.41 bits per heavy atom. The molecule has 46 heavy (non-hydrogen) atoms. The maximum Gasteiger partial charge on any atom is 0.341 e. The summed E-state index contributed by atoms with van der Waals surface area (Å²) in [6.07, 6.45) is 1.72. The molecule has 0 unspecified atom stereocenters. The van der Waals surface area contributed by atoms with Crippen molar-refractivity contribution < 1.29 is 52.8 Å². The van der Waals surface area contributed by atoms with E-state index in [-0.39, 0.29) is 25.3 Å². The standard InChI is InChI=1S/C34H43NO11/c1-6-30(38)45-21-34(2,3)31(39)32(40)35-17-8-7-12-25(35)33(41)46-26(23-10-9-11-24(19-23)44-20-29(36)37)15-13-22-14-16-27(42-4)28(18-22)43-5/h9-11,14,16,18-19,25-26H,6-8,12-13,15,17,20-21H2,1-5H3,(H,36,37)/t25-,26+/m0/s1. The van der Waals surface area contributed by atoms with E-state index in [0.717, 1.165) is 5.56 Å². The van der Waals surface area contributed by atoms with E-state index in [1.807, 2.05) is 12.1 Å². The lowest BCUT2D eigenvalue weighted by atomic mass is 9.87. The summed E-state index contributed by atoms with van der Waals surface area (Å²) in [6, 6.07) is 11.1. The molecule has 12 nitrogen and oxygen atoms in total. The zero-order valence-electron chi connectivity index (χ0n) is 27.0. The lowest BCUT2D eigenvalue weighted by molar-refractivity contribution is -0.165. The quantitative estimate of drug-likeness (QED) is 0.206. The van der Waals surface area contributed by atoms with E-state index in [1.54, 1.807) is 44.4 Å². The van der Waals surface area contributed by atoms with Crippen molar-refractivity contribution in [2.75, 3.05) is 34.0 Å². The van der Waals surface area contributed by atoms with Crippen LogP contribution < -0.4 is 14.2 Å². The summed E-state index contributed by atoms with van der Waals surface area (Å²) in [7, 11) is 3.08. The van der Waals surface area contributed by atoms with Gasteiger partial charge in [0.2, 0.25) is 5.78 Å². The Morgan fingerprint density at radius 2 is 1.74 bits per heavy atom. The van der Waals surface area contributed by atoms with Gasteiger partial charge in [-0.15, -0.1) is 0 Å². The summed E-state index contributed by atoms with van der Waals surface area (Å²) in [5.74, 6) is -2.46. The molecule has 0 spiro atoms. The fourth-order valence-electron chi connectivity index (χ4n) is 5.06. The number of esters is 2. The predicted molar refractivity (Wildman–Crippen MR) is 166 cm³/mol. The largest absolute Gasteiger partial charge is 0.493 e. The number of hydrogen-bond acceptors (Lipinski definition) is 10. The van der Waals surface area contributed by atoms with Crippen molar-refractivity contribution in [1.82, 2.24) is 4.90 Å². The first-order valence-corrected chi connectivity index (χ1v) is 15.3. The zero-order chi connectivity index (χ0) is 33.9. The molecular weight excluding hydrogens is 598 g/mol. The van der Waals surface area contributed by atoms with Gasteiger partial charge in [0.15, 0.2) is 18.1 Å². The summed E-state index contributed by atoms with van der Waals surface area (Å²) >= 11 is 0. The minimum Gasteiger partial charge on any atom is -0.493 e. The SMILES string of the molecule is CCC(=O)OCC(C)(C)C(=O)C(=O)N1CCCC[C@H]1C(=O)O[C@H](CCc1ccc(OC)c(OC)c1)c1cccc(OCC(=O)O)c1. The highest BCUT2D eigenvalue weighted by Crippen LogP contribution is 2.32. The zero-order valence-corrected chi connectivity index (χ0v) is 27.0.